The lowest BCUT2D eigenvalue weighted by atomic mass is 10.2. The molecule has 104 valence electrons. The Bertz CT molecular complexity index is 608. The molecule has 3 nitrogen and oxygen atoms in total. The van der Waals surface area contributed by atoms with E-state index < -0.39 is 0 Å². The van der Waals surface area contributed by atoms with Gasteiger partial charge in [0.05, 0.1) is 5.69 Å². The number of carbonyl (C=O) groups excluding carboxylic acids is 1. The van der Waals surface area contributed by atoms with Crippen LogP contribution in [0.3, 0.4) is 0 Å². The molecule has 0 aromatic heterocycles. The van der Waals surface area contributed by atoms with Crippen LogP contribution in [-0.2, 0) is 11.3 Å². The zero-order valence-corrected chi connectivity index (χ0v) is 11.5. The van der Waals surface area contributed by atoms with E-state index in [1.54, 1.807) is 12.1 Å². The first-order valence-electron chi connectivity index (χ1n) is 6.41. The van der Waals surface area contributed by atoms with Crippen LogP contribution < -0.4 is 10.6 Å². The third-order valence-corrected chi connectivity index (χ3v) is 2.88. The van der Waals surface area contributed by atoms with E-state index in [-0.39, 0.29) is 11.7 Å². The van der Waals surface area contributed by atoms with Gasteiger partial charge in [-0.15, -0.1) is 0 Å². The number of aryl methyl sites for hydroxylation is 1. The van der Waals surface area contributed by atoms with E-state index >= 15 is 0 Å². The van der Waals surface area contributed by atoms with E-state index in [1.807, 2.05) is 31.2 Å². The molecule has 2 aromatic rings. The highest BCUT2D eigenvalue weighted by Gasteiger charge is 2.02. The molecule has 0 radical (unpaired) electrons. The molecule has 20 heavy (non-hydrogen) atoms. The Morgan fingerprint density at radius 2 is 1.85 bits per heavy atom. The van der Waals surface area contributed by atoms with Crippen LogP contribution in [0.2, 0.25) is 0 Å². The second-order valence-corrected chi connectivity index (χ2v) is 4.71. The number of hydrogen-bond donors (Lipinski definition) is 2. The minimum atomic E-state index is -0.259. The largest absolute Gasteiger partial charge is 0.379 e. The highest BCUT2D eigenvalue weighted by Crippen LogP contribution is 2.17. The van der Waals surface area contributed by atoms with Crippen molar-refractivity contribution in [3.63, 3.8) is 0 Å². The molecule has 2 aromatic carbocycles. The van der Waals surface area contributed by atoms with Gasteiger partial charge in [-0.1, -0.05) is 18.2 Å². The van der Waals surface area contributed by atoms with Gasteiger partial charge in [-0.05, 0) is 42.3 Å². The molecule has 2 N–H and O–H groups in total. The van der Waals surface area contributed by atoms with Crippen molar-refractivity contribution in [1.82, 2.24) is 0 Å². The monoisotopic (exact) mass is 272 g/mol. The highest BCUT2D eigenvalue weighted by atomic mass is 19.1. The summed E-state index contributed by atoms with van der Waals surface area (Å²) in [5.74, 6) is -0.358. The van der Waals surface area contributed by atoms with Crippen LogP contribution in [0.1, 0.15) is 18.1 Å². The molecule has 0 fully saturated rings. The quantitative estimate of drug-likeness (QED) is 0.891. The van der Waals surface area contributed by atoms with Crippen LogP contribution in [0.25, 0.3) is 0 Å². The lowest BCUT2D eigenvalue weighted by Crippen LogP contribution is -2.06. The standard InChI is InChI=1S/C16H17FN2O/c1-11-3-8-15(17)16(9-11)18-10-13-4-6-14(7-5-13)19-12(2)20/h3-9,18H,10H2,1-2H3,(H,19,20). The molecule has 0 bridgehead atoms. The summed E-state index contributed by atoms with van der Waals surface area (Å²) in [5, 5.41) is 5.77. The molecule has 0 aliphatic carbocycles. The fraction of sp³-hybridized carbons (Fsp3) is 0.188. The summed E-state index contributed by atoms with van der Waals surface area (Å²) < 4.78 is 13.6. The van der Waals surface area contributed by atoms with E-state index in [4.69, 9.17) is 0 Å². The van der Waals surface area contributed by atoms with Crippen molar-refractivity contribution in [2.24, 2.45) is 0 Å². The molecule has 0 unspecified atom stereocenters. The Labute approximate surface area is 117 Å². The summed E-state index contributed by atoms with van der Waals surface area (Å²) in [4.78, 5) is 10.9. The zero-order valence-electron chi connectivity index (χ0n) is 11.5. The first kappa shape index (κ1) is 14.1. The predicted octanol–water partition coefficient (Wildman–Crippen LogP) is 3.70. The normalized spacial score (nSPS) is 10.2. The fourth-order valence-electron chi connectivity index (χ4n) is 1.88. The van der Waals surface area contributed by atoms with Crippen LogP contribution in [-0.4, -0.2) is 5.91 Å². The molecular formula is C16H17FN2O. The first-order valence-corrected chi connectivity index (χ1v) is 6.41. The average Bonchev–Trinajstić information content (AvgIpc) is 2.41. The molecule has 0 atom stereocenters. The van der Waals surface area contributed by atoms with Gasteiger partial charge in [0.15, 0.2) is 0 Å². The summed E-state index contributed by atoms with van der Waals surface area (Å²) in [6.45, 7) is 3.92. The molecule has 0 saturated carbocycles. The fourth-order valence-corrected chi connectivity index (χ4v) is 1.88. The lowest BCUT2D eigenvalue weighted by molar-refractivity contribution is -0.114. The number of nitrogens with one attached hydrogen (secondary N) is 2. The molecule has 0 aliphatic rings. The number of rotatable bonds is 4. The summed E-state index contributed by atoms with van der Waals surface area (Å²) in [5.41, 5.74) is 3.27. The Hall–Kier alpha value is -2.36. The number of benzene rings is 2. The van der Waals surface area contributed by atoms with Gasteiger partial charge in [-0.2, -0.15) is 0 Å². The highest BCUT2D eigenvalue weighted by molar-refractivity contribution is 5.88. The number of amides is 1. The van der Waals surface area contributed by atoms with Crippen molar-refractivity contribution < 1.29 is 9.18 Å². The number of carbonyl (C=O) groups is 1. The molecule has 0 spiro atoms. The number of hydrogen-bond acceptors (Lipinski definition) is 2. The molecule has 2 rings (SSSR count). The molecule has 0 heterocycles. The second kappa shape index (κ2) is 6.19. The van der Waals surface area contributed by atoms with Gasteiger partial charge in [0, 0.05) is 19.2 Å². The Morgan fingerprint density at radius 1 is 1.15 bits per heavy atom. The van der Waals surface area contributed by atoms with Crippen molar-refractivity contribution in [1.29, 1.82) is 0 Å². The maximum atomic E-state index is 13.6. The van der Waals surface area contributed by atoms with E-state index in [0.29, 0.717) is 12.2 Å². The maximum absolute atomic E-state index is 13.6. The van der Waals surface area contributed by atoms with Gasteiger partial charge in [-0.25, -0.2) is 4.39 Å². The first-order chi connectivity index (χ1) is 9.54. The van der Waals surface area contributed by atoms with Crippen LogP contribution in [0, 0.1) is 12.7 Å². The van der Waals surface area contributed by atoms with Crippen molar-refractivity contribution >= 4 is 17.3 Å². The van der Waals surface area contributed by atoms with Crippen molar-refractivity contribution in [3.8, 4) is 0 Å². The van der Waals surface area contributed by atoms with Crippen molar-refractivity contribution in [2.45, 2.75) is 20.4 Å². The third kappa shape index (κ3) is 3.82. The van der Waals surface area contributed by atoms with Gasteiger partial charge < -0.3 is 10.6 Å². The molecule has 0 aliphatic heterocycles. The summed E-state index contributed by atoms with van der Waals surface area (Å²) in [6, 6.07) is 12.4. The Morgan fingerprint density at radius 3 is 2.50 bits per heavy atom. The SMILES string of the molecule is CC(=O)Nc1ccc(CNc2cc(C)ccc2F)cc1. The van der Waals surface area contributed by atoms with Gasteiger partial charge in [0.25, 0.3) is 0 Å². The van der Waals surface area contributed by atoms with Crippen molar-refractivity contribution in [3.05, 3.63) is 59.4 Å². The van der Waals surface area contributed by atoms with E-state index in [0.717, 1.165) is 16.8 Å². The van der Waals surface area contributed by atoms with Crippen LogP contribution >= 0.6 is 0 Å². The van der Waals surface area contributed by atoms with Gasteiger partial charge in [0.2, 0.25) is 5.91 Å². The third-order valence-electron chi connectivity index (χ3n) is 2.88. The molecule has 1 amide bonds. The van der Waals surface area contributed by atoms with Crippen LogP contribution in [0.5, 0.6) is 0 Å². The summed E-state index contributed by atoms with van der Waals surface area (Å²) in [6.07, 6.45) is 0. The second-order valence-electron chi connectivity index (χ2n) is 4.71. The number of anilines is 2. The zero-order chi connectivity index (χ0) is 14.5. The van der Waals surface area contributed by atoms with Crippen LogP contribution in [0.4, 0.5) is 15.8 Å². The molecule has 4 heteroatoms. The summed E-state index contributed by atoms with van der Waals surface area (Å²) >= 11 is 0. The van der Waals surface area contributed by atoms with Gasteiger partial charge in [-0.3, -0.25) is 4.79 Å². The smallest absolute Gasteiger partial charge is 0.221 e. The molecular weight excluding hydrogens is 255 g/mol. The molecule has 0 saturated heterocycles. The number of halogens is 1. The van der Waals surface area contributed by atoms with E-state index in [9.17, 15) is 9.18 Å². The Balaban J connectivity index is 2.00. The van der Waals surface area contributed by atoms with Crippen LogP contribution in [0.15, 0.2) is 42.5 Å². The lowest BCUT2D eigenvalue weighted by Gasteiger charge is -2.09. The average molecular weight is 272 g/mol. The minimum absolute atomic E-state index is 0.0993. The summed E-state index contributed by atoms with van der Waals surface area (Å²) in [7, 11) is 0. The predicted molar refractivity (Wildman–Crippen MR) is 79.2 cm³/mol. The van der Waals surface area contributed by atoms with Gasteiger partial charge in [0.1, 0.15) is 5.82 Å². The topological polar surface area (TPSA) is 41.1 Å². The Kier molecular flexibility index (Phi) is 4.35. The van der Waals surface area contributed by atoms with E-state index in [2.05, 4.69) is 10.6 Å². The minimum Gasteiger partial charge on any atom is -0.379 e. The van der Waals surface area contributed by atoms with E-state index in [1.165, 1.54) is 13.0 Å². The van der Waals surface area contributed by atoms with Gasteiger partial charge >= 0.3 is 0 Å². The van der Waals surface area contributed by atoms with Crippen molar-refractivity contribution in [2.75, 3.05) is 10.6 Å². The maximum Gasteiger partial charge on any atom is 0.221 e.